The summed E-state index contributed by atoms with van der Waals surface area (Å²) in [7, 11) is 0. The van der Waals surface area contributed by atoms with E-state index in [4.69, 9.17) is 28.5 Å². The van der Waals surface area contributed by atoms with Gasteiger partial charge >= 0.3 is 12.0 Å². The summed E-state index contributed by atoms with van der Waals surface area (Å²) >= 11 is 12.2. The fourth-order valence-electron chi connectivity index (χ4n) is 3.49. The van der Waals surface area contributed by atoms with Gasteiger partial charge in [0.1, 0.15) is 0 Å². The predicted molar refractivity (Wildman–Crippen MR) is 110 cm³/mol. The molecule has 0 saturated carbocycles. The highest BCUT2D eigenvalue weighted by atomic mass is 35.5. The highest BCUT2D eigenvalue weighted by Crippen LogP contribution is 2.26. The van der Waals surface area contributed by atoms with Crippen LogP contribution in [0.5, 0.6) is 0 Å². The van der Waals surface area contributed by atoms with Gasteiger partial charge in [0.05, 0.1) is 18.1 Å². The molecule has 1 heterocycles. The molecule has 2 aromatic carbocycles. The summed E-state index contributed by atoms with van der Waals surface area (Å²) in [6, 6.07) is 14.0. The maximum Gasteiger partial charge on any atom is 0.320 e. The highest BCUT2D eigenvalue weighted by molar-refractivity contribution is 6.35. The van der Waals surface area contributed by atoms with Crippen LogP contribution in [0.25, 0.3) is 0 Å². The third-order valence-corrected chi connectivity index (χ3v) is 5.35. The van der Waals surface area contributed by atoms with E-state index in [2.05, 4.69) is 6.07 Å². The summed E-state index contributed by atoms with van der Waals surface area (Å²) in [5, 5.41) is 19.3. The number of carboxylic acids is 1. The molecule has 0 aromatic heterocycles. The lowest BCUT2D eigenvalue weighted by molar-refractivity contribution is -0.138. The molecule has 0 aliphatic carbocycles. The molecule has 1 saturated heterocycles. The number of benzene rings is 2. The van der Waals surface area contributed by atoms with Crippen LogP contribution in [0, 0.1) is 17.2 Å². The van der Waals surface area contributed by atoms with E-state index in [0.717, 1.165) is 11.1 Å². The van der Waals surface area contributed by atoms with Crippen LogP contribution in [0.4, 0.5) is 4.79 Å². The van der Waals surface area contributed by atoms with Gasteiger partial charge in [0.15, 0.2) is 0 Å². The first-order chi connectivity index (χ1) is 13.9. The van der Waals surface area contributed by atoms with E-state index in [0.29, 0.717) is 35.2 Å². The zero-order chi connectivity index (χ0) is 21.0. The first-order valence-corrected chi connectivity index (χ1v) is 9.80. The molecule has 3 rings (SSSR count). The Kier molecular flexibility index (Phi) is 6.63. The first-order valence-electron chi connectivity index (χ1n) is 9.04. The van der Waals surface area contributed by atoms with Crippen molar-refractivity contribution in [3.8, 4) is 6.07 Å². The number of amides is 2. The van der Waals surface area contributed by atoms with Gasteiger partial charge in [0, 0.05) is 42.1 Å². The minimum absolute atomic E-state index is 0.0349. The first kappa shape index (κ1) is 21.0. The molecule has 2 aromatic rings. The third kappa shape index (κ3) is 5.41. The fourth-order valence-corrected chi connectivity index (χ4v) is 3.96. The number of carboxylic acid groups (broad SMARTS) is 1. The molecule has 1 unspecified atom stereocenters. The smallest absolute Gasteiger partial charge is 0.320 e. The normalized spacial score (nSPS) is 16.6. The maximum atomic E-state index is 13.1. The van der Waals surface area contributed by atoms with Crippen LogP contribution in [-0.2, 0) is 17.9 Å². The van der Waals surface area contributed by atoms with Crippen LogP contribution in [0.2, 0.25) is 10.0 Å². The average molecular weight is 432 g/mol. The standard InChI is InChI=1S/C21H19Cl2N3O3/c22-18-5-4-17(19(23)8-18)13-26-12-16(7-20(27)28)11-25(21(26)29)10-15-3-1-2-14(6-15)9-24/h1-6,8,16H,7,10-13H2,(H,27,28). The Bertz CT molecular complexity index is 974. The topological polar surface area (TPSA) is 84.6 Å². The number of hydrogen-bond donors (Lipinski definition) is 1. The zero-order valence-electron chi connectivity index (χ0n) is 15.5. The van der Waals surface area contributed by atoms with Crippen molar-refractivity contribution in [2.75, 3.05) is 13.1 Å². The minimum atomic E-state index is -0.903. The van der Waals surface area contributed by atoms with E-state index in [9.17, 15) is 14.7 Å². The predicted octanol–water partition coefficient (Wildman–Crippen LogP) is 4.39. The molecule has 1 N–H and O–H groups in total. The number of carbonyl (C=O) groups excluding carboxylic acids is 1. The van der Waals surface area contributed by atoms with Gasteiger partial charge in [-0.15, -0.1) is 0 Å². The van der Waals surface area contributed by atoms with Gasteiger partial charge in [-0.2, -0.15) is 5.26 Å². The summed E-state index contributed by atoms with van der Waals surface area (Å²) in [5.41, 5.74) is 2.07. The van der Waals surface area contributed by atoms with Crippen molar-refractivity contribution in [1.29, 1.82) is 5.26 Å². The highest BCUT2D eigenvalue weighted by Gasteiger charge is 2.33. The summed E-state index contributed by atoms with van der Waals surface area (Å²) in [5.74, 6) is -1.12. The van der Waals surface area contributed by atoms with Crippen molar-refractivity contribution in [2.45, 2.75) is 19.5 Å². The summed E-state index contributed by atoms with van der Waals surface area (Å²) in [6.45, 7) is 1.24. The number of halogens is 2. The number of nitrogens with zero attached hydrogens (tertiary/aromatic N) is 3. The monoisotopic (exact) mass is 431 g/mol. The van der Waals surface area contributed by atoms with E-state index < -0.39 is 5.97 Å². The molecule has 29 heavy (non-hydrogen) atoms. The van der Waals surface area contributed by atoms with Crippen molar-refractivity contribution in [3.05, 3.63) is 69.2 Å². The SMILES string of the molecule is N#Cc1cccc(CN2CC(CC(=O)O)CN(Cc3ccc(Cl)cc3Cl)C2=O)c1. The van der Waals surface area contributed by atoms with Crippen molar-refractivity contribution < 1.29 is 14.7 Å². The molecule has 0 radical (unpaired) electrons. The fraction of sp³-hybridized carbons (Fsp3) is 0.286. The van der Waals surface area contributed by atoms with Crippen molar-refractivity contribution >= 4 is 35.2 Å². The third-order valence-electron chi connectivity index (χ3n) is 4.77. The second kappa shape index (κ2) is 9.17. The van der Waals surface area contributed by atoms with Gasteiger partial charge in [-0.05, 0) is 35.4 Å². The van der Waals surface area contributed by atoms with Gasteiger partial charge in [-0.3, -0.25) is 4.79 Å². The molecule has 1 fully saturated rings. The molecule has 8 heteroatoms. The molecule has 2 amide bonds. The Morgan fingerprint density at radius 3 is 2.52 bits per heavy atom. The van der Waals surface area contributed by atoms with Crippen molar-refractivity contribution in [3.63, 3.8) is 0 Å². The van der Waals surface area contributed by atoms with Gasteiger partial charge in [-0.25, -0.2) is 4.79 Å². The average Bonchev–Trinajstić information content (AvgIpc) is 2.67. The Morgan fingerprint density at radius 2 is 1.86 bits per heavy atom. The minimum Gasteiger partial charge on any atom is -0.481 e. The van der Waals surface area contributed by atoms with Crippen LogP contribution in [0.3, 0.4) is 0 Å². The van der Waals surface area contributed by atoms with E-state index in [-0.39, 0.29) is 24.9 Å². The number of carbonyl (C=O) groups is 2. The quantitative estimate of drug-likeness (QED) is 0.734. The maximum absolute atomic E-state index is 13.1. The number of hydrogen-bond acceptors (Lipinski definition) is 3. The Morgan fingerprint density at radius 1 is 1.14 bits per heavy atom. The summed E-state index contributed by atoms with van der Waals surface area (Å²) in [4.78, 5) is 27.6. The molecule has 1 aliphatic heterocycles. The van der Waals surface area contributed by atoms with Gasteiger partial charge in [0.2, 0.25) is 0 Å². The molecule has 6 nitrogen and oxygen atoms in total. The number of aliphatic carboxylic acids is 1. The molecule has 1 aliphatic rings. The van der Waals surface area contributed by atoms with Crippen LogP contribution in [-0.4, -0.2) is 40.0 Å². The number of urea groups is 1. The molecule has 0 spiro atoms. The zero-order valence-corrected chi connectivity index (χ0v) is 17.0. The Balaban J connectivity index is 1.82. The largest absolute Gasteiger partial charge is 0.481 e. The van der Waals surface area contributed by atoms with E-state index >= 15 is 0 Å². The lowest BCUT2D eigenvalue weighted by Gasteiger charge is -2.40. The van der Waals surface area contributed by atoms with Crippen LogP contribution in [0.15, 0.2) is 42.5 Å². The van der Waals surface area contributed by atoms with Gasteiger partial charge in [0.25, 0.3) is 0 Å². The van der Waals surface area contributed by atoms with Gasteiger partial charge < -0.3 is 14.9 Å². The lowest BCUT2D eigenvalue weighted by atomic mass is 10.0. The second-order valence-corrected chi connectivity index (χ2v) is 7.90. The van der Waals surface area contributed by atoms with Crippen molar-refractivity contribution in [2.24, 2.45) is 5.92 Å². The molecular weight excluding hydrogens is 413 g/mol. The van der Waals surface area contributed by atoms with Crippen LogP contribution < -0.4 is 0 Å². The molecule has 150 valence electrons. The summed E-state index contributed by atoms with van der Waals surface area (Å²) < 4.78 is 0. The Labute approximate surface area is 178 Å². The Hall–Kier alpha value is -2.75. The lowest BCUT2D eigenvalue weighted by Crippen LogP contribution is -2.53. The second-order valence-electron chi connectivity index (χ2n) is 7.06. The van der Waals surface area contributed by atoms with E-state index in [1.165, 1.54) is 0 Å². The van der Waals surface area contributed by atoms with Crippen LogP contribution in [0.1, 0.15) is 23.1 Å². The molecular formula is C21H19Cl2N3O3. The number of nitriles is 1. The molecule has 0 bridgehead atoms. The van der Waals surface area contributed by atoms with Gasteiger partial charge in [-0.1, -0.05) is 41.4 Å². The number of rotatable bonds is 6. The van der Waals surface area contributed by atoms with Crippen LogP contribution >= 0.6 is 23.2 Å². The van der Waals surface area contributed by atoms with Crippen molar-refractivity contribution in [1.82, 2.24) is 9.80 Å². The summed E-state index contributed by atoms with van der Waals surface area (Å²) in [6.07, 6.45) is -0.0349. The molecule has 1 atom stereocenters. The van der Waals surface area contributed by atoms with E-state index in [1.54, 1.807) is 46.2 Å². The van der Waals surface area contributed by atoms with E-state index in [1.807, 2.05) is 6.07 Å².